The third-order valence-corrected chi connectivity index (χ3v) is 3.90. The summed E-state index contributed by atoms with van der Waals surface area (Å²) in [7, 11) is 0. The van der Waals surface area contributed by atoms with Gasteiger partial charge in [0.05, 0.1) is 5.56 Å². The zero-order valence-electron chi connectivity index (χ0n) is 12.2. The van der Waals surface area contributed by atoms with Gasteiger partial charge in [0.2, 0.25) is 0 Å². The van der Waals surface area contributed by atoms with Crippen LogP contribution in [0.15, 0.2) is 17.4 Å². The van der Waals surface area contributed by atoms with E-state index in [9.17, 15) is 24.9 Å². The number of carbonyl (C=O) groups excluding carboxylic acids is 2. The van der Waals surface area contributed by atoms with Gasteiger partial charge < -0.3 is 15.3 Å². The van der Waals surface area contributed by atoms with Gasteiger partial charge in [0.15, 0.2) is 11.6 Å². The van der Waals surface area contributed by atoms with E-state index >= 15 is 0 Å². The van der Waals surface area contributed by atoms with Crippen molar-refractivity contribution in [2.24, 2.45) is 5.92 Å². The fraction of sp³-hybridized carbons (Fsp3) is 0.375. The summed E-state index contributed by atoms with van der Waals surface area (Å²) < 4.78 is 0. The second kappa shape index (κ2) is 5.24. The van der Waals surface area contributed by atoms with Gasteiger partial charge in [-0.25, -0.2) is 0 Å². The molecular weight excluding hydrogens is 272 g/mol. The van der Waals surface area contributed by atoms with E-state index in [1.54, 1.807) is 13.8 Å². The number of Topliss-reactive ketones (excluding diaryl/α,β-unsaturated/α-hetero) is 2. The number of phenolic OH excluding ortho intramolecular Hbond substituents is 2. The van der Waals surface area contributed by atoms with Crippen molar-refractivity contribution in [2.75, 3.05) is 0 Å². The molecule has 0 aliphatic heterocycles. The SMILES string of the molecule is CC(=O)c1cc(C)c(O)c(CC2=C(O)[C@H](C)CC2=O)c1O. The lowest BCUT2D eigenvalue weighted by Gasteiger charge is -2.13. The highest BCUT2D eigenvalue weighted by Crippen LogP contribution is 2.38. The molecule has 1 aliphatic carbocycles. The molecule has 0 spiro atoms. The number of aliphatic hydroxyl groups excluding tert-OH is 1. The molecule has 0 bridgehead atoms. The molecule has 0 saturated carbocycles. The minimum atomic E-state index is -0.335. The van der Waals surface area contributed by atoms with E-state index in [1.165, 1.54) is 13.0 Å². The van der Waals surface area contributed by atoms with Gasteiger partial charge in [-0.3, -0.25) is 9.59 Å². The first-order valence-electron chi connectivity index (χ1n) is 6.74. The van der Waals surface area contributed by atoms with Gasteiger partial charge in [0.1, 0.15) is 17.3 Å². The Kier molecular flexibility index (Phi) is 3.77. The molecule has 1 aromatic carbocycles. The van der Waals surface area contributed by atoms with Crippen LogP contribution in [-0.4, -0.2) is 26.9 Å². The minimum Gasteiger partial charge on any atom is -0.512 e. The number of benzene rings is 1. The van der Waals surface area contributed by atoms with Crippen LogP contribution in [0.4, 0.5) is 0 Å². The molecule has 2 rings (SSSR count). The Morgan fingerprint density at radius 3 is 2.38 bits per heavy atom. The summed E-state index contributed by atoms with van der Waals surface area (Å²) in [6.45, 7) is 4.66. The molecule has 112 valence electrons. The Labute approximate surface area is 122 Å². The number of hydrogen-bond acceptors (Lipinski definition) is 5. The van der Waals surface area contributed by atoms with Crippen molar-refractivity contribution in [3.05, 3.63) is 34.1 Å². The molecule has 21 heavy (non-hydrogen) atoms. The number of allylic oxidation sites excluding steroid dienone is 2. The number of phenols is 2. The lowest BCUT2D eigenvalue weighted by Crippen LogP contribution is -2.04. The standard InChI is InChI=1S/C16H18O5/c1-7-4-10(9(3)17)16(21)12(15(7)20)6-11-13(18)5-8(2)14(11)19/h4,8,19-21H,5-6H2,1-3H3/t8-/m1/s1. The number of aryl methyl sites for hydroxylation is 1. The van der Waals surface area contributed by atoms with Crippen molar-refractivity contribution < 1.29 is 24.9 Å². The average Bonchev–Trinajstić information content (AvgIpc) is 2.64. The summed E-state index contributed by atoms with van der Waals surface area (Å²) in [6.07, 6.45) is 0.128. The summed E-state index contributed by atoms with van der Waals surface area (Å²) in [6, 6.07) is 1.41. The zero-order valence-corrected chi connectivity index (χ0v) is 12.2. The average molecular weight is 290 g/mol. The van der Waals surface area contributed by atoms with Gasteiger partial charge in [-0.1, -0.05) is 6.92 Å². The molecule has 0 unspecified atom stereocenters. The van der Waals surface area contributed by atoms with E-state index in [0.717, 1.165) is 0 Å². The van der Waals surface area contributed by atoms with Crippen molar-refractivity contribution in [3.8, 4) is 11.5 Å². The number of aliphatic hydroxyl groups is 1. The molecule has 3 N–H and O–H groups in total. The van der Waals surface area contributed by atoms with Crippen molar-refractivity contribution >= 4 is 11.6 Å². The van der Waals surface area contributed by atoms with Gasteiger partial charge in [0.25, 0.3) is 0 Å². The number of rotatable bonds is 3. The van der Waals surface area contributed by atoms with Crippen LogP contribution in [0.1, 0.15) is 41.8 Å². The molecule has 5 heteroatoms. The van der Waals surface area contributed by atoms with E-state index < -0.39 is 0 Å². The van der Waals surface area contributed by atoms with E-state index in [2.05, 4.69) is 0 Å². The summed E-state index contributed by atoms with van der Waals surface area (Å²) >= 11 is 0. The monoisotopic (exact) mass is 290 g/mol. The third kappa shape index (κ3) is 2.51. The first kappa shape index (κ1) is 15.1. The molecule has 0 heterocycles. The third-order valence-electron chi connectivity index (χ3n) is 3.90. The summed E-state index contributed by atoms with van der Waals surface area (Å²) in [5.74, 6) is -1.30. The summed E-state index contributed by atoms with van der Waals surface area (Å²) in [5.41, 5.74) is 0.822. The Morgan fingerprint density at radius 2 is 1.90 bits per heavy atom. The molecule has 5 nitrogen and oxygen atoms in total. The number of hydrogen-bond donors (Lipinski definition) is 3. The number of carbonyl (C=O) groups is 2. The first-order chi connectivity index (χ1) is 9.73. The van der Waals surface area contributed by atoms with Gasteiger partial charge >= 0.3 is 0 Å². The van der Waals surface area contributed by atoms with Crippen LogP contribution >= 0.6 is 0 Å². The Bertz CT molecular complexity index is 670. The lowest BCUT2D eigenvalue weighted by molar-refractivity contribution is -0.115. The first-order valence-corrected chi connectivity index (χ1v) is 6.74. The fourth-order valence-electron chi connectivity index (χ4n) is 2.61. The highest BCUT2D eigenvalue weighted by Gasteiger charge is 2.31. The van der Waals surface area contributed by atoms with Crippen LogP contribution in [-0.2, 0) is 11.2 Å². The Morgan fingerprint density at radius 1 is 1.29 bits per heavy atom. The van der Waals surface area contributed by atoms with E-state index in [0.29, 0.717) is 5.56 Å². The van der Waals surface area contributed by atoms with Gasteiger partial charge in [-0.05, 0) is 25.5 Å². The predicted molar refractivity (Wildman–Crippen MR) is 76.7 cm³/mol. The second-order valence-corrected chi connectivity index (χ2v) is 5.54. The van der Waals surface area contributed by atoms with Crippen LogP contribution in [0.3, 0.4) is 0 Å². The quantitative estimate of drug-likeness (QED) is 0.744. The van der Waals surface area contributed by atoms with Gasteiger partial charge in [0, 0.05) is 29.9 Å². The maximum Gasteiger partial charge on any atom is 0.163 e. The second-order valence-electron chi connectivity index (χ2n) is 5.54. The number of aromatic hydroxyl groups is 2. The predicted octanol–water partition coefficient (Wildman–Crippen LogP) is 2.57. The van der Waals surface area contributed by atoms with Crippen molar-refractivity contribution in [2.45, 2.75) is 33.6 Å². The fourth-order valence-corrected chi connectivity index (χ4v) is 2.61. The maximum absolute atomic E-state index is 11.9. The molecule has 0 fully saturated rings. The van der Waals surface area contributed by atoms with Gasteiger partial charge in [-0.2, -0.15) is 0 Å². The van der Waals surface area contributed by atoms with Crippen molar-refractivity contribution in [1.29, 1.82) is 0 Å². The van der Waals surface area contributed by atoms with Crippen LogP contribution < -0.4 is 0 Å². The van der Waals surface area contributed by atoms with Crippen molar-refractivity contribution in [3.63, 3.8) is 0 Å². The van der Waals surface area contributed by atoms with E-state index in [4.69, 9.17) is 0 Å². The van der Waals surface area contributed by atoms with Crippen LogP contribution in [0.25, 0.3) is 0 Å². The normalized spacial score (nSPS) is 18.4. The number of ketones is 2. The van der Waals surface area contributed by atoms with Crippen molar-refractivity contribution in [1.82, 2.24) is 0 Å². The maximum atomic E-state index is 11.9. The topological polar surface area (TPSA) is 94.8 Å². The largest absolute Gasteiger partial charge is 0.512 e. The molecule has 0 radical (unpaired) electrons. The molecule has 1 aliphatic rings. The van der Waals surface area contributed by atoms with Crippen LogP contribution in [0, 0.1) is 12.8 Å². The molecular formula is C16H18O5. The van der Waals surface area contributed by atoms with Gasteiger partial charge in [-0.15, -0.1) is 0 Å². The van der Waals surface area contributed by atoms with E-state index in [-0.39, 0.29) is 64.3 Å². The summed E-state index contributed by atoms with van der Waals surface area (Å²) in [4.78, 5) is 23.4. The molecule has 0 amide bonds. The zero-order chi connectivity index (χ0) is 15.9. The lowest BCUT2D eigenvalue weighted by atomic mass is 9.95. The molecule has 1 aromatic rings. The van der Waals surface area contributed by atoms with E-state index in [1.807, 2.05) is 0 Å². The van der Waals surface area contributed by atoms with Crippen LogP contribution in [0.5, 0.6) is 11.5 Å². The highest BCUT2D eigenvalue weighted by molar-refractivity contribution is 6.00. The molecule has 0 aromatic heterocycles. The molecule has 1 atom stereocenters. The minimum absolute atomic E-state index is 0.00955. The highest BCUT2D eigenvalue weighted by atomic mass is 16.3. The Balaban J connectivity index is 2.55. The smallest absolute Gasteiger partial charge is 0.163 e. The van der Waals surface area contributed by atoms with Crippen LogP contribution in [0.2, 0.25) is 0 Å². The Hall–Kier alpha value is -2.30. The molecule has 0 saturated heterocycles. The summed E-state index contributed by atoms with van der Waals surface area (Å²) in [5, 5.41) is 30.2.